The lowest BCUT2D eigenvalue weighted by atomic mass is 9.87. The first-order valence-electron chi connectivity index (χ1n) is 33.3. The summed E-state index contributed by atoms with van der Waals surface area (Å²) in [6, 6.07) is 69.0. The van der Waals surface area contributed by atoms with Crippen molar-refractivity contribution < 1.29 is 29.1 Å². The predicted molar refractivity (Wildman–Crippen MR) is 404 cm³/mol. The maximum atomic E-state index is 10.8. The summed E-state index contributed by atoms with van der Waals surface area (Å²) in [5, 5.41) is 18.1. The lowest BCUT2D eigenvalue weighted by molar-refractivity contribution is 0.0262. The number of benzene rings is 9. The van der Waals surface area contributed by atoms with Gasteiger partial charge in [-0.3, -0.25) is 14.5 Å². The molecule has 2 N–H and O–H groups in total. The van der Waals surface area contributed by atoms with Gasteiger partial charge in [0.25, 0.3) is 0 Å². The van der Waals surface area contributed by atoms with Crippen molar-refractivity contribution in [3.8, 4) is 33.4 Å². The third-order valence-electron chi connectivity index (χ3n) is 18.7. The smallest absolute Gasteiger partial charge is 0.396 e. The Balaban J connectivity index is 0.000000163. The molecule has 488 valence electrons. The Morgan fingerprint density at radius 1 is 0.495 bits per heavy atom. The van der Waals surface area contributed by atoms with Crippen LogP contribution in [-0.4, -0.2) is 71.8 Å². The van der Waals surface area contributed by atoms with Gasteiger partial charge >= 0.3 is 7.12 Å². The number of aldehydes is 2. The van der Waals surface area contributed by atoms with Gasteiger partial charge in [-0.25, -0.2) is 0 Å². The van der Waals surface area contributed by atoms with Crippen LogP contribution in [-0.2, 0) is 15.9 Å². The molecule has 1 unspecified atom stereocenters. The summed E-state index contributed by atoms with van der Waals surface area (Å²) in [5.41, 5.74) is 22.6. The van der Waals surface area contributed by atoms with Crippen molar-refractivity contribution in [3.05, 3.63) is 295 Å². The van der Waals surface area contributed by atoms with E-state index in [0.717, 1.165) is 58.8 Å². The second-order valence-electron chi connectivity index (χ2n) is 25.9. The van der Waals surface area contributed by atoms with Crippen LogP contribution in [0.15, 0.2) is 211 Å². The standard InChI is InChI=1S/C28H31NO.C23H20O.C21H24BO2.C8H7BrO.C6H12O/c1-21-18-23(19-29-17-7-11-27(29)20-30)13-14-24(21)15-16-25-10-6-12-28(22(25)2)26-8-4-3-5-9-26;1-17-15-19(16-24)11-12-20(17)13-14-21-9-6-10-23(18(21)2)22-7-4-3-5-8-22;1-16-17(12-9-13-19(16)18-10-7-6-8-11-18)14-15-22-23-20(2,3)21(4,5)24-22;1-6-4-7(5-10)2-3-8(6)9;7-5-6-3-1-2-4-6/h3-6,8-10,12-16,18,27,30H,7,11,17,19-20H2,1-2H3;3-16H,1-2H3;6-15H,2H2,1,3-5H3;2-5H,1H3;6-7H,1-5H2/q;;+1;;/b16-15+;14-13+;15-14+;;/t27-;;;;/m0..../s1. The van der Waals surface area contributed by atoms with Crippen LogP contribution in [0.4, 0.5) is 0 Å². The molecule has 9 heteroatoms. The molecule has 0 spiro atoms. The zero-order valence-corrected chi connectivity index (χ0v) is 58.6. The maximum absolute atomic E-state index is 10.8. The number of nitrogens with zero attached hydrogens (tertiary/aromatic N) is 1. The first-order chi connectivity index (χ1) is 45.8. The summed E-state index contributed by atoms with van der Waals surface area (Å²) in [5.74, 6) is 2.62. The number of carbonyl (C=O) groups is 2. The molecule has 2 heterocycles. The van der Waals surface area contributed by atoms with Crippen LogP contribution in [0.1, 0.15) is 147 Å². The van der Waals surface area contributed by atoms with Crippen LogP contribution < -0.4 is 0 Å². The molecule has 2 saturated heterocycles. The van der Waals surface area contributed by atoms with Crippen LogP contribution in [0.3, 0.4) is 0 Å². The van der Waals surface area contributed by atoms with Gasteiger partial charge < -0.3 is 19.5 Å². The lowest BCUT2D eigenvalue weighted by Gasteiger charge is -2.25. The minimum atomic E-state index is -0.553. The van der Waals surface area contributed by atoms with Crippen molar-refractivity contribution in [3.63, 3.8) is 0 Å². The summed E-state index contributed by atoms with van der Waals surface area (Å²) >= 11 is 3.34. The summed E-state index contributed by atoms with van der Waals surface area (Å²) in [4.78, 5) is 23.5. The predicted octanol–water partition coefficient (Wildman–Crippen LogP) is 20.9. The van der Waals surface area contributed by atoms with Crippen LogP contribution in [0.25, 0.3) is 63.8 Å². The van der Waals surface area contributed by atoms with E-state index in [1.165, 1.54) is 116 Å². The van der Waals surface area contributed by atoms with Gasteiger partial charge in [0.05, 0.1) is 13.5 Å². The van der Waals surface area contributed by atoms with E-state index in [2.05, 4.69) is 237 Å². The molecule has 2 atom stereocenters. The summed E-state index contributed by atoms with van der Waals surface area (Å²) in [6.45, 7) is 25.5. The fourth-order valence-electron chi connectivity index (χ4n) is 12.2. The SMILES string of the molecule is Cc1cc(C=O)ccc1/C=C/c1cccc(-c2ccccc2)c1C.Cc1cc(C=O)ccc1Br.Cc1cc(CN2CCC[C@H]2CO)ccc1/C=C/c1cccc(-c2ccccc2)c1C.OCC1CCCC1.[CH2+]C1(C)OB(/C=C/c2cccc(-c3ccccc3)c2C)OC1(C)C. The van der Waals surface area contributed by atoms with Crippen LogP contribution in [0.2, 0.25) is 0 Å². The Bertz CT molecular complexity index is 4020. The zero-order valence-electron chi connectivity index (χ0n) is 57.0. The summed E-state index contributed by atoms with van der Waals surface area (Å²) in [7, 11) is -0.373. The Hall–Kier alpha value is -8.25. The third-order valence-corrected chi connectivity index (χ3v) is 19.6. The minimum Gasteiger partial charge on any atom is -0.396 e. The molecule has 95 heavy (non-hydrogen) atoms. The van der Waals surface area contributed by atoms with Gasteiger partial charge in [0.1, 0.15) is 18.2 Å². The number of aryl methyl sites for hydroxylation is 3. The van der Waals surface area contributed by atoms with E-state index in [1.54, 1.807) is 6.07 Å². The molecule has 3 fully saturated rings. The molecule has 0 bridgehead atoms. The highest BCUT2D eigenvalue weighted by atomic mass is 79.9. The van der Waals surface area contributed by atoms with Crippen molar-refractivity contribution >= 4 is 66.0 Å². The Labute approximate surface area is 575 Å². The molecule has 1 saturated carbocycles. The zero-order chi connectivity index (χ0) is 67.9. The van der Waals surface area contributed by atoms with Crippen LogP contribution in [0.5, 0.6) is 0 Å². The number of likely N-dealkylation sites (tertiary alicyclic amines) is 1. The molecule has 9 aromatic carbocycles. The maximum Gasteiger partial charge on any atom is 0.490 e. The van der Waals surface area contributed by atoms with Crippen molar-refractivity contribution in [2.45, 2.75) is 125 Å². The summed E-state index contributed by atoms with van der Waals surface area (Å²) < 4.78 is 12.9. The number of carbonyl (C=O) groups excluding carboxylic acids is 2. The number of aliphatic hydroxyl groups is 2. The molecule has 2 aliphatic heterocycles. The normalized spacial score (nSPS) is 16.7. The molecule has 9 aromatic rings. The molecule has 1 aliphatic carbocycles. The van der Waals surface area contributed by atoms with E-state index in [1.807, 2.05) is 83.1 Å². The third kappa shape index (κ3) is 20.4. The number of hydrogen-bond acceptors (Lipinski definition) is 7. The van der Waals surface area contributed by atoms with E-state index in [-0.39, 0.29) is 13.7 Å². The van der Waals surface area contributed by atoms with Gasteiger partial charge in [0.2, 0.25) is 5.60 Å². The Kier molecular flexibility index (Phi) is 27.1. The topological polar surface area (TPSA) is 96.3 Å². The first-order valence-corrected chi connectivity index (χ1v) is 34.1. The lowest BCUT2D eigenvalue weighted by Crippen LogP contribution is -2.42. The molecular formula is C86H94BBrNO6+. The minimum absolute atomic E-state index is 0.265. The molecule has 7 nitrogen and oxygen atoms in total. The first kappa shape index (κ1) is 72.6. The van der Waals surface area contributed by atoms with Crippen LogP contribution >= 0.6 is 15.9 Å². The number of halogens is 1. The Morgan fingerprint density at radius 2 is 0.937 bits per heavy atom. The second kappa shape index (κ2) is 35.5. The Morgan fingerprint density at radius 3 is 1.35 bits per heavy atom. The highest BCUT2D eigenvalue weighted by Gasteiger charge is 2.55. The van der Waals surface area contributed by atoms with E-state index in [9.17, 15) is 14.7 Å². The summed E-state index contributed by atoms with van der Waals surface area (Å²) in [6.07, 6.45) is 20.0. The average molecular weight is 1330 g/mol. The molecule has 0 radical (unpaired) electrons. The molecule has 0 amide bonds. The van der Waals surface area contributed by atoms with Gasteiger partial charge in [0.15, 0.2) is 0 Å². The average Bonchev–Trinajstić information content (AvgIpc) is 1.66. The van der Waals surface area contributed by atoms with Gasteiger partial charge in [-0.1, -0.05) is 247 Å². The van der Waals surface area contributed by atoms with Crippen molar-refractivity contribution in [2.75, 3.05) is 19.8 Å². The fraction of sp³-hybridized carbons (Fsp3) is 0.267. The van der Waals surface area contributed by atoms with Crippen molar-refractivity contribution in [2.24, 2.45) is 5.92 Å². The quantitative estimate of drug-likeness (QED) is 0.0457. The van der Waals surface area contributed by atoms with Crippen molar-refractivity contribution in [1.82, 2.24) is 4.90 Å². The van der Waals surface area contributed by atoms with E-state index >= 15 is 0 Å². The van der Waals surface area contributed by atoms with Crippen LogP contribution in [0, 0.1) is 54.4 Å². The van der Waals surface area contributed by atoms with E-state index in [4.69, 9.17) is 14.4 Å². The van der Waals surface area contributed by atoms with E-state index < -0.39 is 11.2 Å². The fourth-order valence-corrected chi connectivity index (χ4v) is 12.5. The van der Waals surface area contributed by atoms with Gasteiger partial charge in [-0.05, 0) is 212 Å². The number of rotatable bonds is 15. The molecule has 0 aromatic heterocycles. The van der Waals surface area contributed by atoms with Gasteiger partial charge in [-0.15, -0.1) is 0 Å². The number of hydrogen-bond donors (Lipinski definition) is 2. The molecular weight excluding hydrogens is 1230 g/mol. The van der Waals surface area contributed by atoms with E-state index in [0.29, 0.717) is 24.1 Å². The monoisotopic (exact) mass is 1330 g/mol. The van der Waals surface area contributed by atoms with Gasteiger partial charge in [-0.2, -0.15) is 0 Å². The van der Waals surface area contributed by atoms with Gasteiger partial charge in [0, 0.05) is 41.7 Å². The molecule has 12 rings (SSSR count). The number of aliphatic hydroxyl groups excluding tert-OH is 2. The molecule has 3 aliphatic rings. The highest BCUT2D eigenvalue weighted by molar-refractivity contribution is 9.10. The second-order valence-corrected chi connectivity index (χ2v) is 26.7. The van der Waals surface area contributed by atoms with Crippen molar-refractivity contribution in [1.29, 1.82) is 0 Å². The highest BCUT2D eigenvalue weighted by Crippen LogP contribution is 2.38. The largest absolute Gasteiger partial charge is 0.490 e.